The van der Waals surface area contributed by atoms with Crippen molar-refractivity contribution >= 4 is 28.1 Å². The summed E-state index contributed by atoms with van der Waals surface area (Å²) in [6.07, 6.45) is 0. The summed E-state index contributed by atoms with van der Waals surface area (Å²) in [5.41, 5.74) is 1.17. The van der Waals surface area contributed by atoms with Crippen molar-refractivity contribution in [2.45, 2.75) is 6.54 Å². The highest BCUT2D eigenvalue weighted by molar-refractivity contribution is 7.14. The van der Waals surface area contributed by atoms with Crippen molar-refractivity contribution in [2.75, 3.05) is 0 Å². The van der Waals surface area contributed by atoms with Gasteiger partial charge in [-0.15, -0.1) is 11.3 Å². The zero-order valence-corrected chi connectivity index (χ0v) is 9.63. The summed E-state index contributed by atoms with van der Waals surface area (Å²) in [5, 5.41) is 2.59. The van der Waals surface area contributed by atoms with Crippen molar-refractivity contribution in [3.8, 4) is 0 Å². The molecule has 0 aliphatic carbocycles. The van der Waals surface area contributed by atoms with E-state index in [1.165, 1.54) is 5.56 Å². The zero-order chi connectivity index (χ0) is 10.5. The van der Waals surface area contributed by atoms with Crippen LogP contribution in [0.1, 0.15) is 10.4 Å². The average Bonchev–Trinajstić information content (AvgIpc) is 2.81. The number of thiophene rings is 1. The van der Waals surface area contributed by atoms with Gasteiger partial charge < -0.3 is 0 Å². The van der Waals surface area contributed by atoms with E-state index in [0.29, 0.717) is 11.7 Å². The normalized spacial score (nSPS) is 11.7. The second-order valence-electron chi connectivity index (χ2n) is 3.07. The van der Waals surface area contributed by atoms with Crippen molar-refractivity contribution < 1.29 is 0 Å². The molecule has 0 aliphatic heterocycles. The Balaban J connectivity index is 2.06. The van der Waals surface area contributed by atoms with E-state index in [2.05, 4.69) is 4.99 Å². The average molecular weight is 236 g/mol. The number of halogens is 1. The largest absolute Gasteiger partial charge is 0.267 e. The number of benzene rings is 1. The fraction of sp³-hybridized carbons (Fsp3) is 0.0833. The molecule has 0 aliphatic rings. The van der Waals surface area contributed by atoms with Crippen LogP contribution in [0.5, 0.6) is 0 Å². The van der Waals surface area contributed by atoms with Gasteiger partial charge in [-0.05, 0) is 17.0 Å². The summed E-state index contributed by atoms with van der Waals surface area (Å²) in [5.74, 6) is 0. The SMILES string of the molecule is Cl/C(=N\Cc1ccccc1)c1cccs1. The van der Waals surface area contributed by atoms with E-state index in [0.717, 1.165) is 4.88 Å². The molecule has 0 unspecified atom stereocenters. The first kappa shape index (κ1) is 10.4. The molecule has 0 saturated carbocycles. The van der Waals surface area contributed by atoms with Crippen molar-refractivity contribution in [3.63, 3.8) is 0 Å². The predicted octanol–water partition coefficient (Wildman–Crippen LogP) is 3.93. The lowest BCUT2D eigenvalue weighted by Gasteiger charge is -1.96. The fourth-order valence-corrected chi connectivity index (χ4v) is 2.10. The van der Waals surface area contributed by atoms with Gasteiger partial charge in [0.2, 0.25) is 0 Å². The minimum absolute atomic E-state index is 0.592. The maximum atomic E-state index is 6.06. The Hall–Kier alpha value is -1.12. The number of hydrogen-bond acceptors (Lipinski definition) is 2. The van der Waals surface area contributed by atoms with Gasteiger partial charge >= 0.3 is 0 Å². The lowest BCUT2D eigenvalue weighted by atomic mass is 10.2. The Bertz CT molecular complexity index is 434. The van der Waals surface area contributed by atoms with E-state index in [-0.39, 0.29) is 0 Å². The Morgan fingerprint density at radius 1 is 1.13 bits per heavy atom. The highest BCUT2D eigenvalue weighted by Crippen LogP contribution is 2.13. The van der Waals surface area contributed by atoms with Crippen LogP contribution >= 0.6 is 22.9 Å². The molecular formula is C12H10ClNS. The molecule has 0 saturated heterocycles. The van der Waals surface area contributed by atoms with Gasteiger partial charge in [0.25, 0.3) is 0 Å². The van der Waals surface area contributed by atoms with E-state index in [4.69, 9.17) is 11.6 Å². The monoisotopic (exact) mass is 235 g/mol. The number of nitrogens with zero attached hydrogens (tertiary/aromatic N) is 1. The van der Waals surface area contributed by atoms with Crippen LogP contribution in [0.25, 0.3) is 0 Å². The van der Waals surface area contributed by atoms with E-state index < -0.39 is 0 Å². The molecule has 0 atom stereocenters. The number of aliphatic imine (C=N–C) groups is 1. The fourth-order valence-electron chi connectivity index (χ4n) is 1.22. The summed E-state index contributed by atoms with van der Waals surface area (Å²) < 4.78 is 0. The van der Waals surface area contributed by atoms with Crippen LogP contribution in [0.15, 0.2) is 52.8 Å². The number of hydrogen-bond donors (Lipinski definition) is 0. The molecule has 0 radical (unpaired) electrons. The molecule has 3 heteroatoms. The predicted molar refractivity (Wildman–Crippen MR) is 66.9 cm³/mol. The van der Waals surface area contributed by atoms with Gasteiger partial charge in [-0.3, -0.25) is 4.99 Å². The van der Waals surface area contributed by atoms with Crippen LogP contribution in [0, 0.1) is 0 Å². The molecule has 0 fully saturated rings. The summed E-state index contributed by atoms with van der Waals surface area (Å²) in [6.45, 7) is 0.636. The lowest BCUT2D eigenvalue weighted by molar-refractivity contribution is 1.07. The Morgan fingerprint density at radius 2 is 1.93 bits per heavy atom. The lowest BCUT2D eigenvalue weighted by Crippen LogP contribution is -1.88. The Labute approximate surface area is 98.1 Å². The third kappa shape index (κ3) is 2.91. The Kier molecular flexibility index (Phi) is 3.54. The van der Waals surface area contributed by atoms with Crippen LogP contribution in [0.4, 0.5) is 0 Å². The van der Waals surface area contributed by atoms with E-state index in [9.17, 15) is 0 Å². The van der Waals surface area contributed by atoms with Gasteiger partial charge in [-0.1, -0.05) is 48.0 Å². The highest BCUT2D eigenvalue weighted by Gasteiger charge is 1.99. The summed E-state index contributed by atoms with van der Waals surface area (Å²) >= 11 is 7.66. The van der Waals surface area contributed by atoms with Gasteiger partial charge in [-0.25, -0.2) is 0 Å². The smallest absolute Gasteiger partial charge is 0.141 e. The third-order valence-electron chi connectivity index (χ3n) is 1.97. The maximum absolute atomic E-state index is 6.06. The Morgan fingerprint density at radius 3 is 2.60 bits per heavy atom. The molecule has 15 heavy (non-hydrogen) atoms. The minimum Gasteiger partial charge on any atom is -0.267 e. The molecule has 2 rings (SSSR count). The quantitative estimate of drug-likeness (QED) is 0.715. The molecule has 0 spiro atoms. The molecule has 0 N–H and O–H groups in total. The van der Waals surface area contributed by atoms with Crippen LogP contribution in [-0.2, 0) is 6.54 Å². The van der Waals surface area contributed by atoms with Gasteiger partial charge in [0.05, 0.1) is 11.4 Å². The van der Waals surface area contributed by atoms with Crippen molar-refractivity contribution in [1.29, 1.82) is 0 Å². The van der Waals surface area contributed by atoms with Gasteiger partial charge in [0.15, 0.2) is 0 Å². The zero-order valence-electron chi connectivity index (χ0n) is 8.06. The molecule has 1 aromatic carbocycles. The standard InChI is InChI=1S/C12H10ClNS/c13-12(11-7-4-8-15-11)14-9-10-5-2-1-3-6-10/h1-8H,9H2/b14-12-. The molecule has 1 aromatic heterocycles. The van der Waals surface area contributed by atoms with Gasteiger partial charge in [0, 0.05) is 0 Å². The number of rotatable bonds is 3. The van der Waals surface area contributed by atoms with E-state index >= 15 is 0 Å². The van der Waals surface area contributed by atoms with Crippen LogP contribution < -0.4 is 0 Å². The van der Waals surface area contributed by atoms with Gasteiger partial charge in [-0.2, -0.15) is 0 Å². The molecule has 1 nitrogen and oxygen atoms in total. The molecule has 2 aromatic rings. The summed E-state index contributed by atoms with van der Waals surface area (Å²) in [4.78, 5) is 5.35. The summed E-state index contributed by atoms with van der Waals surface area (Å²) in [6, 6.07) is 14.0. The molecule has 0 bridgehead atoms. The van der Waals surface area contributed by atoms with Crippen molar-refractivity contribution in [3.05, 3.63) is 58.3 Å². The van der Waals surface area contributed by atoms with Crippen LogP contribution in [-0.4, -0.2) is 5.17 Å². The topological polar surface area (TPSA) is 12.4 Å². The molecule has 0 amide bonds. The third-order valence-corrected chi connectivity index (χ3v) is 3.28. The van der Waals surface area contributed by atoms with Crippen LogP contribution in [0.2, 0.25) is 0 Å². The maximum Gasteiger partial charge on any atom is 0.141 e. The van der Waals surface area contributed by atoms with Crippen molar-refractivity contribution in [1.82, 2.24) is 0 Å². The molecule has 76 valence electrons. The van der Waals surface area contributed by atoms with Crippen LogP contribution in [0.3, 0.4) is 0 Å². The second-order valence-corrected chi connectivity index (χ2v) is 4.38. The highest BCUT2D eigenvalue weighted by atomic mass is 35.5. The first-order valence-electron chi connectivity index (χ1n) is 4.64. The minimum atomic E-state index is 0.592. The second kappa shape index (κ2) is 5.10. The van der Waals surface area contributed by atoms with Gasteiger partial charge in [0.1, 0.15) is 5.17 Å². The molecule has 1 heterocycles. The van der Waals surface area contributed by atoms with E-state index in [1.54, 1.807) is 11.3 Å². The first-order valence-corrected chi connectivity index (χ1v) is 5.90. The molecular weight excluding hydrogens is 226 g/mol. The summed E-state index contributed by atoms with van der Waals surface area (Å²) in [7, 11) is 0. The first-order chi connectivity index (χ1) is 7.36. The van der Waals surface area contributed by atoms with Crippen molar-refractivity contribution in [2.24, 2.45) is 4.99 Å². The van der Waals surface area contributed by atoms with E-state index in [1.807, 2.05) is 47.8 Å².